The molecule has 0 bridgehead atoms. The summed E-state index contributed by atoms with van der Waals surface area (Å²) in [7, 11) is 1.60. The molecule has 4 aromatic rings. The Morgan fingerprint density at radius 3 is 2.53 bits per heavy atom. The predicted octanol–water partition coefficient (Wildman–Crippen LogP) is 6.30. The number of nitrogens with zero attached hydrogens (tertiary/aromatic N) is 2. The fourth-order valence-electron chi connectivity index (χ4n) is 5.30. The first-order valence-electron chi connectivity index (χ1n) is 14.2. The Morgan fingerprint density at radius 2 is 1.84 bits per heavy atom. The van der Waals surface area contributed by atoms with Crippen molar-refractivity contribution in [1.82, 2.24) is 20.4 Å². The maximum Gasteiger partial charge on any atom is 0.274 e. The Balaban J connectivity index is 0.00000423. The highest BCUT2D eigenvalue weighted by Crippen LogP contribution is 2.31. The molecule has 0 aliphatic carbocycles. The zero-order valence-corrected chi connectivity index (χ0v) is 26.6. The summed E-state index contributed by atoms with van der Waals surface area (Å²) in [5.41, 5.74) is 2.31. The fraction of sp³-hybridized carbons (Fsp3) is 0.303. The van der Waals surface area contributed by atoms with Crippen molar-refractivity contribution in [2.45, 2.75) is 48.1 Å². The van der Waals surface area contributed by atoms with Crippen LogP contribution < -0.4 is 20.9 Å². The molecular formula is C33H36Cl2N4O3S. The molecule has 3 atom stereocenters. The number of aromatic nitrogens is 2. The van der Waals surface area contributed by atoms with Gasteiger partial charge in [-0.3, -0.25) is 9.59 Å². The number of carbonyl (C=O) groups is 1. The second kappa shape index (κ2) is 15.4. The fourth-order valence-corrected chi connectivity index (χ4v) is 6.26. The number of benzene rings is 3. The molecule has 1 aliphatic heterocycles. The Kier molecular flexibility index (Phi) is 11.7. The van der Waals surface area contributed by atoms with Gasteiger partial charge in [0, 0.05) is 28.1 Å². The molecule has 10 heteroatoms. The lowest BCUT2D eigenvalue weighted by atomic mass is 9.80. The van der Waals surface area contributed by atoms with Gasteiger partial charge in [0.05, 0.1) is 18.7 Å². The highest BCUT2D eigenvalue weighted by atomic mass is 35.5. The zero-order valence-electron chi connectivity index (χ0n) is 24.2. The van der Waals surface area contributed by atoms with Gasteiger partial charge >= 0.3 is 0 Å². The molecule has 1 fully saturated rings. The first-order valence-corrected chi connectivity index (χ1v) is 15.4. The van der Waals surface area contributed by atoms with Crippen LogP contribution in [0.5, 0.6) is 5.75 Å². The SMILES string of the molecule is COc1ccc(-n2nc(Sc3ccc(Cl)cc3)cc(CC[C@H](C)NC(=O)[C@@H]3CNCC[C@H]3c3ccccc3)c2=O)cc1.Cl. The summed E-state index contributed by atoms with van der Waals surface area (Å²) in [6, 6.07) is 26.8. The monoisotopic (exact) mass is 638 g/mol. The van der Waals surface area contributed by atoms with Crippen molar-refractivity contribution in [3.63, 3.8) is 0 Å². The number of nitrogens with one attached hydrogen (secondary N) is 2. The Hall–Kier alpha value is -3.30. The minimum atomic E-state index is -0.181. The number of methoxy groups -OCH3 is 1. The number of hydrogen-bond donors (Lipinski definition) is 2. The molecule has 1 saturated heterocycles. The number of amides is 1. The minimum absolute atomic E-state index is 0. The van der Waals surface area contributed by atoms with Gasteiger partial charge in [-0.1, -0.05) is 53.7 Å². The van der Waals surface area contributed by atoms with Crippen LogP contribution in [0.1, 0.15) is 36.8 Å². The molecule has 226 valence electrons. The average molecular weight is 640 g/mol. The molecule has 7 nitrogen and oxygen atoms in total. The van der Waals surface area contributed by atoms with E-state index in [1.807, 2.05) is 79.7 Å². The molecular weight excluding hydrogens is 603 g/mol. The van der Waals surface area contributed by atoms with Gasteiger partial charge in [0.2, 0.25) is 5.91 Å². The van der Waals surface area contributed by atoms with Crippen LogP contribution in [-0.4, -0.2) is 41.9 Å². The molecule has 2 N–H and O–H groups in total. The number of carbonyl (C=O) groups excluding carboxylic acids is 1. The van der Waals surface area contributed by atoms with Gasteiger partial charge in [-0.15, -0.1) is 12.4 Å². The van der Waals surface area contributed by atoms with E-state index in [9.17, 15) is 9.59 Å². The lowest BCUT2D eigenvalue weighted by molar-refractivity contribution is -0.126. The van der Waals surface area contributed by atoms with E-state index in [2.05, 4.69) is 27.9 Å². The lowest BCUT2D eigenvalue weighted by Crippen LogP contribution is -2.47. The third kappa shape index (κ3) is 8.42. The van der Waals surface area contributed by atoms with Gasteiger partial charge in [0.15, 0.2) is 0 Å². The summed E-state index contributed by atoms with van der Waals surface area (Å²) in [6.45, 7) is 3.55. The number of hydrogen-bond acceptors (Lipinski definition) is 6. The van der Waals surface area contributed by atoms with Crippen LogP contribution in [0.2, 0.25) is 5.02 Å². The molecule has 5 rings (SSSR count). The van der Waals surface area contributed by atoms with Crippen molar-refractivity contribution in [2.24, 2.45) is 5.92 Å². The number of halogens is 2. The summed E-state index contributed by atoms with van der Waals surface area (Å²) in [6.07, 6.45) is 2.04. The summed E-state index contributed by atoms with van der Waals surface area (Å²) < 4.78 is 6.72. The molecule has 2 heterocycles. The number of rotatable bonds is 10. The molecule has 1 aromatic heterocycles. The normalized spacial score (nSPS) is 17.0. The van der Waals surface area contributed by atoms with Crippen molar-refractivity contribution in [2.75, 3.05) is 20.2 Å². The van der Waals surface area contributed by atoms with Crippen LogP contribution in [0, 0.1) is 5.92 Å². The maximum atomic E-state index is 13.6. The van der Waals surface area contributed by atoms with Crippen LogP contribution in [0.4, 0.5) is 0 Å². The highest BCUT2D eigenvalue weighted by Gasteiger charge is 2.32. The number of ether oxygens (including phenoxy) is 1. The minimum Gasteiger partial charge on any atom is -0.497 e. The van der Waals surface area contributed by atoms with Gasteiger partial charge < -0.3 is 15.4 Å². The lowest BCUT2D eigenvalue weighted by Gasteiger charge is -2.32. The number of aryl methyl sites for hydroxylation is 1. The third-order valence-corrected chi connectivity index (χ3v) is 8.77. The quantitative estimate of drug-likeness (QED) is 0.212. The summed E-state index contributed by atoms with van der Waals surface area (Å²) in [5.74, 6) is 0.794. The van der Waals surface area contributed by atoms with E-state index in [0.717, 1.165) is 17.9 Å². The standard InChI is InChI=1S/C33H35ClN4O3S.ClH/c1-22(36-32(39)30-21-35-19-18-29(30)23-6-4-3-5-7-23)8-9-24-20-31(42-28-16-10-25(34)11-17-28)37-38(33(24)40)26-12-14-27(41-2)15-13-26;/h3-7,10-17,20,22,29-30,35H,8-9,18-19,21H2,1-2H3,(H,36,39);1H/t22-,29-,30+;/m0./s1. The van der Waals surface area contributed by atoms with Crippen molar-refractivity contribution >= 4 is 41.7 Å². The maximum absolute atomic E-state index is 13.6. The summed E-state index contributed by atoms with van der Waals surface area (Å²) in [4.78, 5) is 28.0. The van der Waals surface area contributed by atoms with E-state index in [4.69, 9.17) is 16.3 Å². The van der Waals surface area contributed by atoms with Gasteiger partial charge in [0.1, 0.15) is 10.8 Å². The summed E-state index contributed by atoms with van der Waals surface area (Å²) >= 11 is 7.54. The van der Waals surface area contributed by atoms with E-state index in [0.29, 0.717) is 46.4 Å². The van der Waals surface area contributed by atoms with Crippen LogP contribution in [0.25, 0.3) is 5.69 Å². The molecule has 3 aromatic carbocycles. The Bertz CT molecular complexity index is 1550. The molecule has 43 heavy (non-hydrogen) atoms. The van der Waals surface area contributed by atoms with E-state index < -0.39 is 0 Å². The second-order valence-corrected chi connectivity index (χ2v) is 12.1. The van der Waals surface area contributed by atoms with E-state index in [1.165, 1.54) is 22.0 Å². The molecule has 0 saturated carbocycles. The third-order valence-electron chi connectivity index (χ3n) is 7.60. The largest absolute Gasteiger partial charge is 0.497 e. The van der Waals surface area contributed by atoms with Gasteiger partial charge in [-0.25, -0.2) is 0 Å². The van der Waals surface area contributed by atoms with E-state index >= 15 is 0 Å². The van der Waals surface area contributed by atoms with Gasteiger partial charge in [0.25, 0.3) is 5.56 Å². The van der Waals surface area contributed by atoms with E-state index in [-0.39, 0.29) is 41.8 Å². The van der Waals surface area contributed by atoms with Crippen molar-refractivity contribution < 1.29 is 9.53 Å². The molecule has 0 unspecified atom stereocenters. The molecule has 0 radical (unpaired) electrons. The van der Waals surface area contributed by atoms with Crippen molar-refractivity contribution in [3.05, 3.63) is 111 Å². The first-order chi connectivity index (χ1) is 20.4. The van der Waals surface area contributed by atoms with Gasteiger partial charge in [-0.2, -0.15) is 9.78 Å². The Morgan fingerprint density at radius 1 is 1.12 bits per heavy atom. The predicted molar refractivity (Wildman–Crippen MR) is 175 cm³/mol. The molecule has 0 spiro atoms. The smallest absolute Gasteiger partial charge is 0.274 e. The Labute approximate surface area is 267 Å². The first kappa shape index (κ1) is 32.6. The van der Waals surface area contributed by atoms with E-state index in [1.54, 1.807) is 7.11 Å². The van der Waals surface area contributed by atoms with Crippen LogP contribution in [0.15, 0.2) is 99.6 Å². The average Bonchev–Trinajstić information content (AvgIpc) is 3.02. The zero-order chi connectivity index (χ0) is 29.5. The topological polar surface area (TPSA) is 85.2 Å². The van der Waals surface area contributed by atoms with Crippen LogP contribution in [-0.2, 0) is 11.2 Å². The second-order valence-electron chi connectivity index (χ2n) is 10.5. The molecule has 1 amide bonds. The highest BCUT2D eigenvalue weighted by molar-refractivity contribution is 7.99. The molecule has 1 aliphatic rings. The van der Waals surface area contributed by atoms with Crippen molar-refractivity contribution in [3.8, 4) is 11.4 Å². The van der Waals surface area contributed by atoms with Crippen LogP contribution >= 0.6 is 35.8 Å². The van der Waals surface area contributed by atoms with Gasteiger partial charge in [-0.05, 0) is 98.8 Å². The van der Waals surface area contributed by atoms with Crippen molar-refractivity contribution in [1.29, 1.82) is 0 Å². The number of piperidine rings is 1. The summed E-state index contributed by atoms with van der Waals surface area (Å²) in [5, 5.41) is 12.6. The van der Waals surface area contributed by atoms with Crippen LogP contribution in [0.3, 0.4) is 0 Å².